The number of hydrogen-bond acceptors (Lipinski definition) is 5. The summed E-state index contributed by atoms with van der Waals surface area (Å²) in [6, 6.07) is 4.59. The van der Waals surface area contributed by atoms with E-state index in [2.05, 4.69) is 15.4 Å². The molecule has 0 radical (unpaired) electrons. The van der Waals surface area contributed by atoms with Crippen molar-refractivity contribution < 1.29 is 19.4 Å². The van der Waals surface area contributed by atoms with Crippen molar-refractivity contribution in [3.63, 3.8) is 0 Å². The zero-order chi connectivity index (χ0) is 15.1. The van der Waals surface area contributed by atoms with Crippen molar-refractivity contribution in [2.24, 2.45) is 0 Å². The molecule has 1 aromatic rings. The number of hydrogen-bond donors (Lipinski definition) is 3. The molecule has 0 aliphatic carbocycles. The smallest absolute Gasteiger partial charge is 0.341 e. The Labute approximate surface area is 130 Å². The highest BCUT2D eigenvalue weighted by Crippen LogP contribution is 2.22. The number of carbonyl (C=O) groups is 2. The number of phenols is 1. The van der Waals surface area contributed by atoms with Crippen molar-refractivity contribution >= 4 is 30.0 Å². The van der Waals surface area contributed by atoms with Gasteiger partial charge in [0.05, 0.1) is 7.11 Å². The summed E-state index contributed by atoms with van der Waals surface area (Å²) in [5, 5.41) is 15.5. The zero-order valence-corrected chi connectivity index (χ0v) is 13.1. The van der Waals surface area contributed by atoms with Crippen LogP contribution in [0.1, 0.15) is 30.6 Å². The molecule has 118 valence electrons. The van der Waals surface area contributed by atoms with E-state index in [1.807, 2.05) is 13.8 Å². The third-order valence-electron chi connectivity index (χ3n) is 2.59. The van der Waals surface area contributed by atoms with Crippen molar-refractivity contribution in [2.45, 2.75) is 26.3 Å². The first-order valence-corrected chi connectivity index (χ1v) is 6.38. The first-order valence-electron chi connectivity index (χ1n) is 6.38. The largest absolute Gasteiger partial charge is 0.507 e. The Balaban J connectivity index is 0.00000400. The lowest BCUT2D eigenvalue weighted by Crippen LogP contribution is -2.27. The Morgan fingerprint density at radius 3 is 2.52 bits per heavy atom. The van der Waals surface area contributed by atoms with E-state index in [4.69, 9.17) is 0 Å². The zero-order valence-electron chi connectivity index (χ0n) is 12.3. The van der Waals surface area contributed by atoms with Gasteiger partial charge in [0, 0.05) is 30.8 Å². The average molecular weight is 317 g/mol. The van der Waals surface area contributed by atoms with E-state index in [1.54, 1.807) is 6.07 Å². The highest BCUT2D eigenvalue weighted by molar-refractivity contribution is 5.95. The number of carbonyl (C=O) groups excluding carboxylic acids is 2. The van der Waals surface area contributed by atoms with Crippen molar-refractivity contribution in [1.29, 1.82) is 0 Å². The first-order chi connectivity index (χ1) is 9.43. The Morgan fingerprint density at radius 1 is 1.33 bits per heavy atom. The molecule has 0 bridgehead atoms. The van der Waals surface area contributed by atoms with Crippen molar-refractivity contribution in [2.75, 3.05) is 19.0 Å². The molecule has 0 unspecified atom stereocenters. The van der Waals surface area contributed by atoms with Gasteiger partial charge in [0.2, 0.25) is 5.91 Å². The van der Waals surface area contributed by atoms with Crippen LogP contribution in [0.4, 0.5) is 5.69 Å². The van der Waals surface area contributed by atoms with Gasteiger partial charge in [0.15, 0.2) is 0 Å². The minimum atomic E-state index is -0.624. The quantitative estimate of drug-likeness (QED) is 0.698. The van der Waals surface area contributed by atoms with Crippen LogP contribution in [-0.2, 0) is 9.53 Å². The number of aromatic hydroxyl groups is 1. The average Bonchev–Trinajstić information content (AvgIpc) is 2.37. The highest BCUT2D eigenvalue weighted by atomic mass is 35.5. The molecule has 3 N–H and O–H groups in total. The number of ether oxygens (including phenoxy) is 1. The van der Waals surface area contributed by atoms with Gasteiger partial charge in [-0.25, -0.2) is 4.79 Å². The van der Waals surface area contributed by atoms with E-state index in [-0.39, 0.29) is 29.6 Å². The number of methoxy groups -OCH3 is 1. The van der Waals surface area contributed by atoms with Gasteiger partial charge in [-0.15, -0.1) is 12.4 Å². The van der Waals surface area contributed by atoms with Gasteiger partial charge in [-0.3, -0.25) is 4.79 Å². The van der Waals surface area contributed by atoms with Crippen molar-refractivity contribution in [1.82, 2.24) is 5.32 Å². The number of halogens is 1. The fraction of sp³-hybridized carbons (Fsp3) is 0.429. The highest BCUT2D eigenvalue weighted by Gasteiger charge is 2.12. The lowest BCUT2D eigenvalue weighted by molar-refractivity contribution is -0.116. The molecule has 0 spiro atoms. The molecule has 0 aliphatic heterocycles. The molecule has 1 amide bonds. The monoisotopic (exact) mass is 316 g/mol. The Bertz CT molecular complexity index is 492. The lowest BCUT2D eigenvalue weighted by atomic mass is 10.2. The first kappa shape index (κ1) is 19.2. The Kier molecular flexibility index (Phi) is 8.42. The summed E-state index contributed by atoms with van der Waals surface area (Å²) in [4.78, 5) is 23.0. The maximum Gasteiger partial charge on any atom is 0.341 e. The van der Waals surface area contributed by atoms with Crippen LogP contribution in [0.25, 0.3) is 0 Å². The molecule has 1 rings (SSSR count). The maximum absolute atomic E-state index is 11.7. The molecule has 6 nitrogen and oxygen atoms in total. The summed E-state index contributed by atoms with van der Waals surface area (Å²) in [5.41, 5.74) is 0.497. The molecule has 0 aliphatic rings. The molecule has 0 saturated heterocycles. The number of rotatable bonds is 6. The van der Waals surface area contributed by atoms with Crippen LogP contribution in [0.3, 0.4) is 0 Å². The van der Waals surface area contributed by atoms with E-state index < -0.39 is 5.97 Å². The molecular formula is C14H21ClN2O4. The van der Waals surface area contributed by atoms with Crippen LogP contribution in [0.15, 0.2) is 18.2 Å². The third-order valence-corrected chi connectivity index (χ3v) is 2.59. The van der Waals surface area contributed by atoms with E-state index in [1.165, 1.54) is 19.2 Å². The molecule has 0 atom stereocenters. The van der Waals surface area contributed by atoms with Crippen LogP contribution in [0, 0.1) is 0 Å². The molecule has 0 heterocycles. The SMILES string of the molecule is COC(=O)c1ccc(NC(=O)CCNC(C)C)cc1O.Cl. The van der Waals surface area contributed by atoms with Gasteiger partial charge in [0.1, 0.15) is 11.3 Å². The molecule has 0 aromatic heterocycles. The number of anilines is 1. The molecule has 0 fully saturated rings. The van der Waals surface area contributed by atoms with Crippen LogP contribution in [0.5, 0.6) is 5.75 Å². The number of esters is 1. The lowest BCUT2D eigenvalue weighted by Gasteiger charge is -2.09. The molecule has 0 saturated carbocycles. The van der Waals surface area contributed by atoms with Crippen LogP contribution >= 0.6 is 12.4 Å². The molecule has 1 aromatic carbocycles. The van der Waals surface area contributed by atoms with Crippen molar-refractivity contribution in [3.8, 4) is 5.75 Å². The second-order valence-corrected chi connectivity index (χ2v) is 4.63. The van der Waals surface area contributed by atoms with Gasteiger partial charge in [-0.1, -0.05) is 13.8 Å². The van der Waals surface area contributed by atoms with Gasteiger partial charge in [0.25, 0.3) is 0 Å². The van der Waals surface area contributed by atoms with Crippen LogP contribution in [-0.4, -0.2) is 36.7 Å². The topological polar surface area (TPSA) is 87.7 Å². The summed E-state index contributed by atoms with van der Waals surface area (Å²) in [6.45, 7) is 4.58. The Morgan fingerprint density at radius 2 is 2.00 bits per heavy atom. The molecular weight excluding hydrogens is 296 g/mol. The van der Waals surface area contributed by atoms with E-state index in [9.17, 15) is 14.7 Å². The predicted octanol–water partition coefficient (Wildman–Crippen LogP) is 1.93. The standard InChI is InChI=1S/C14H20N2O4.ClH/c1-9(2)15-7-6-13(18)16-10-4-5-11(12(17)8-10)14(19)20-3;/h4-5,8-9,15,17H,6-7H2,1-3H3,(H,16,18);1H. The van der Waals surface area contributed by atoms with E-state index >= 15 is 0 Å². The summed E-state index contributed by atoms with van der Waals surface area (Å²) in [7, 11) is 1.24. The number of amides is 1. The second kappa shape index (κ2) is 9.20. The maximum atomic E-state index is 11.7. The van der Waals surface area contributed by atoms with E-state index in [0.29, 0.717) is 24.7 Å². The van der Waals surface area contributed by atoms with Gasteiger partial charge < -0.3 is 20.5 Å². The third kappa shape index (κ3) is 6.46. The van der Waals surface area contributed by atoms with E-state index in [0.717, 1.165) is 0 Å². The predicted molar refractivity (Wildman–Crippen MR) is 83.1 cm³/mol. The summed E-state index contributed by atoms with van der Waals surface area (Å²) in [5.74, 6) is -1.01. The van der Waals surface area contributed by atoms with Crippen LogP contribution < -0.4 is 10.6 Å². The van der Waals surface area contributed by atoms with Gasteiger partial charge >= 0.3 is 5.97 Å². The number of phenolic OH excluding ortho intramolecular Hbond substituents is 1. The van der Waals surface area contributed by atoms with Crippen LogP contribution in [0.2, 0.25) is 0 Å². The van der Waals surface area contributed by atoms with Crippen molar-refractivity contribution in [3.05, 3.63) is 23.8 Å². The molecule has 7 heteroatoms. The summed E-state index contributed by atoms with van der Waals surface area (Å²) < 4.78 is 4.52. The summed E-state index contributed by atoms with van der Waals surface area (Å²) in [6.07, 6.45) is 0.331. The second-order valence-electron chi connectivity index (χ2n) is 4.63. The Hall–Kier alpha value is -1.79. The van der Waals surface area contributed by atoms with Gasteiger partial charge in [-0.05, 0) is 12.1 Å². The minimum Gasteiger partial charge on any atom is -0.507 e. The fourth-order valence-electron chi connectivity index (χ4n) is 1.59. The van der Waals surface area contributed by atoms with Gasteiger partial charge in [-0.2, -0.15) is 0 Å². The number of nitrogens with one attached hydrogen (secondary N) is 2. The minimum absolute atomic E-state index is 0. The molecule has 21 heavy (non-hydrogen) atoms. The summed E-state index contributed by atoms with van der Waals surface area (Å²) >= 11 is 0. The number of benzene rings is 1. The normalized spacial score (nSPS) is 9.90. The fourth-order valence-corrected chi connectivity index (χ4v) is 1.59.